The number of H-pyrrole nitrogens is 1. The van der Waals surface area contributed by atoms with Crippen molar-refractivity contribution in [2.75, 3.05) is 11.9 Å². The summed E-state index contributed by atoms with van der Waals surface area (Å²) in [6, 6.07) is 15.5. The molecule has 0 amide bonds. The van der Waals surface area contributed by atoms with Crippen molar-refractivity contribution in [1.82, 2.24) is 9.55 Å². The lowest BCUT2D eigenvalue weighted by atomic mass is 10.2. The molecule has 7 heteroatoms. The second-order valence-corrected chi connectivity index (χ2v) is 5.36. The van der Waals surface area contributed by atoms with Crippen LogP contribution < -0.4 is 16.7 Å². The molecule has 2 aromatic carbocycles. The van der Waals surface area contributed by atoms with E-state index in [-0.39, 0.29) is 29.7 Å². The molecule has 0 saturated heterocycles. The summed E-state index contributed by atoms with van der Waals surface area (Å²) < 4.78 is 1.66. The zero-order chi connectivity index (χ0) is 16.2. The number of aromatic amines is 1. The van der Waals surface area contributed by atoms with Crippen LogP contribution in [0.3, 0.4) is 0 Å². The lowest BCUT2D eigenvalue weighted by molar-refractivity contribution is 0.703. The summed E-state index contributed by atoms with van der Waals surface area (Å²) in [7, 11) is 0. The number of benzene rings is 2. The van der Waals surface area contributed by atoms with Crippen molar-refractivity contribution in [2.24, 2.45) is 10.7 Å². The maximum atomic E-state index is 11.9. The van der Waals surface area contributed by atoms with Crippen LogP contribution in [-0.4, -0.2) is 22.1 Å². The van der Waals surface area contributed by atoms with Crippen LogP contribution >= 0.6 is 24.0 Å². The number of imidazole rings is 1. The summed E-state index contributed by atoms with van der Waals surface area (Å²) in [6.45, 7) is 2.92. The Bertz CT molecular complexity index is 895. The lowest BCUT2D eigenvalue weighted by Crippen LogP contribution is -2.24. The molecule has 0 radical (unpaired) electrons. The third kappa shape index (κ3) is 4.16. The predicted molar refractivity (Wildman–Crippen MR) is 109 cm³/mol. The van der Waals surface area contributed by atoms with Gasteiger partial charge in [-0.15, -0.1) is 24.0 Å². The largest absolute Gasteiger partial charge is 0.370 e. The summed E-state index contributed by atoms with van der Waals surface area (Å²) >= 11 is 0. The Hall–Kier alpha value is -2.29. The van der Waals surface area contributed by atoms with Crippen LogP contribution in [0.4, 0.5) is 5.69 Å². The number of hydrogen-bond acceptors (Lipinski definition) is 2. The highest BCUT2D eigenvalue weighted by Crippen LogP contribution is 2.09. The van der Waals surface area contributed by atoms with Gasteiger partial charge in [-0.1, -0.05) is 29.8 Å². The Morgan fingerprint density at radius 2 is 1.92 bits per heavy atom. The van der Waals surface area contributed by atoms with Gasteiger partial charge in [0.05, 0.1) is 17.6 Å². The minimum Gasteiger partial charge on any atom is -0.370 e. The van der Waals surface area contributed by atoms with Gasteiger partial charge in [-0.3, -0.25) is 9.56 Å². The smallest absolute Gasteiger partial charge is 0.326 e. The van der Waals surface area contributed by atoms with Crippen molar-refractivity contribution >= 4 is 46.7 Å². The number of nitrogens with two attached hydrogens (primary N) is 1. The molecule has 1 aromatic heterocycles. The number of anilines is 1. The van der Waals surface area contributed by atoms with E-state index in [1.165, 1.54) is 5.56 Å². The first-order chi connectivity index (χ1) is 11.1. The summed E-state index contributed by atoms with van der Waals surface area (Å²) in [5.74, 6) is 0.335. The molecule has 126 valence electrons. The summed E-state index contributed by atoms with van der Waals surface area (Å²) in [5.41, 5.74) is 9.52. The first-order valence-corrected chi connectivity index (χ1v) is 7.44. The number of para-hydroxylation sites is 2. The van der Waals surface area contributed by atoms with Crippen molar-refractivity contribution in [2.45, 2.75) is 13.5 Å². The zero-order valence-electron chi connectivity index (χ0n) is 13.3. The van der Waals surface area contributed by atoms with E-state index < -0.39 is 0 Å². The molecule has 0 aliphatic carbocycles. The molecule has 4 N–H and O–H groups in total. The average Bonchev–Trinajstić information content (AvgIpc) is 2.86. The van der Waals surface area contributed by atoms with E-state index in [1.54, 1.807) is 4.57 Å². The number of hydrogen-bond donors (Lipinski definition) is 3. The van der Waals surface area contributed by atoms with Gasteiger partial charge < -0.3 is 16.0 Å². The van der Waals surface area contributed by atoms with E-state index in [2.05, 4.69) is 15.3 Å². The van der Waals surface area contributed by atoms with Gasteiger partial charge in [0.15, 0.2) is 5.96 Å². The Morgan fingerprint density at radius 3 is 2.67 bits per heavy atom. The van der Waals surface area contributed by atoms with Gasteiger partial charge in [-0.2, -0.15) is 0 Å². The Morgan fingerprint density at radius 1 is 1.21 bits per heavy atom. The fourth-order valence-corrected chi connectivity index (χ4v) is 2.42. The number of aromatic nitrogens is 2. The van der Waals surface area contributed by atoms with Crippen LogP contribution in [0.25, 0.3) is 11.0 Å². The van der Waals surface area contributed by atoms with E-state index in [9.17, 15) is 4.79 Å². The fourth-order valence-electron chi connectivity index (χ4n) is 2.42. The maximum absolute atomic E-state index is 11.9. The topological polar surface area (TPSA) is 88.2 Å². The first kappa shape index (κ1) is 18.1. The van der Waals surface area contributed by atoms with Crippen molar-refractivity contribution in [3.05, 3.63) is 64.6 Å². The quantitative estimate of drug-likeness (QED) is 0.333. The molecule has 6 nitrogen and oxygen atoms in total. The predicted octanol–water partition coefficient (Wildman–Crippen LogP) is 2.68. The zero-order valence-corrected chi connectivity index (χ0v) is 15.7. The lowest BCUT2D eigenvalue weighted by Gasteiger charge is -2.06. The minimum atomic E-state index is -0.133. The van der Waals surface area contributed by atoms with Crippen molar-refractivity contribution in [3.8, 4) is 0 Å². The normalized spacial score (nSPS) is 11.3. The Balaban J connectivity index is 0.00000208. The molecule has 0 saturated carbocycles. The third-order valence-corrected chi connectivity index (χ3v) is 3.61. The summed E-state index contributed by atoms with van der Waals surface area (Å²) in [6.07, 6.45) is 0. The Labute approximate surface area is 156 Å². The van der Waals surface area contributed by atoms with Gasteiger partial charge >= 0.3 is 5.69 Å². The molecule has 0 aliphatic rings. The minimum absolute atomic E-state index is 0. The number of fused-ring (bicyclic) bond motifs is 1. The van der Waals surface area contributed by atoms with Crippen LogP contribution in [0.5, 0.6) is 0 Å². The molecular formula is C17H20IN5O. The van der Waals surface area contributed by atoms with E-state index in [1.807, 2.05) is 55.5 Å². The van der Waals surface area contributed by atoms with E-state index in [0.29, 0.717) is 19.0 Å². The molecule has 0 spiro atoms. The van der Waals surface area contributed by atoms with Crippen LogP contribution in [0.15, 0.2) is 58.3 Å². The molecule has 24 heavy (non-hydrogen) atoms. The first-order valence-electron chi connectivity index (χ1n) is 7.44. The van der Waals surface area contributed by atoms with Gasteiger partial charge in [-0.25, -0.2) is 4.79 Å². The molecule has 3 rings (SSSR count). The molecular weight excluding hydrogens is 417 g/mol. The van der Waals surface area contributed by atoms with Gasteiger partial charge in [0.1, 0.15) is 0 Å². The van der Waals surface area contributed by atoms with Gasteiger partial charge in [0, 0.05) is 12.2 Å². The standard InChI is InChI=1S/C17H19N5O.HI/c1-12-6-8-13(9-7-12)20-16(18)19-10-11-22-15-5-3-2-4-14(15)21-17(22)23;/h2-9H,10-11H2,1H3,(H,21,23)(H3,18,19,20);1H. The molecule has 0 aliphatic heterocycles. The van der Waals surface area contributed by atoms with Gasteiger partial charge in [-0.05, 0) is 31.2 Å². The molecule has 3 aromatic rings. The Kier molecular flexibility index (Phi) is 6.02. The molecule has 0 atom stereocenters. The highest BCUT2D eigenvalue weighted by Gasteiger charge is 2.04. The molecule has 0 fully saturated rings. The number of aryl methyl sites for hydroxylation is 1. The SMILES string of the molecule is Cc1ccc(NC(N)=NCCn2c(=O)[nH]c3ccccc32)cc1.I. The second-order valence-electron chi connectivity index (χ2n) is 5.36. The van der Waals surface area contributed by atoms with Crippen molar-refractivity contribution in [3.63, 3.8) is 0 Å². The summed E-state index contributed by atoms with van der Waals surface area (Å²) in [5, 5.41) is 3.03. The van der Waals surface area contributed by atoms with E-state index in [0.717, 1.165) is 16.7 Å². The molecule has 1 heterocycles. The number of aliphatic imine (C=N–C) groups is 1. The van der Waals surface area contributed by atoms with Gasteiger partial charge in [0.2, 0.25) is 0 Å². The molecule has 0 bridgehead atoms. The fraction of sp³-hybridized carbons (Fsp3) is 0.176. The maximum Gasteiger partial charge on any atom is 0.326 e. The van der Waals surface area contributed by atoms with Crippen molar-refractivity contribution < 1.29 is 0 Å². The van der Waals surface area contributed by atoms with Crippen LogP contribution in [0, 0.1) is 6.92 Å². The molecule has 0 unspecified atom stereocenters. The highest BCUT2D eigenvalue weighted by atomic mass is 127. The third-order valence-electron chi connectivity index (χ3n) is 3.61. The van der Waals surface area contributed by atoms with E-state index in [4.69, 9.17) is 5.73 Å². The monoisotopic (exact) mass is 437 g/mol. The van der Waals surface area contributed by atoms with E-state index >= 15 is 0 Å². The van der Waals surface area contributed by atoms with Crippen LogP contribution in [0.2, 0.25) is 0 Å². The number of nitrogens with one attached hydrogen (secondary N) is 2. The second kappa shape index (κ2) is 8.00. The van der Waals surface area contributed by atoms with Crippen molar-refractivity contribution in [1.29, 1.82) is 0 Å². The number of halogens is 1. The number of nitrogens with zero attached hydrogens (tertiary/aromatic N) is 2. The number of rotatable bonds is 4. The average molecular weight is 437 g/mol. The van der Waals surface area contributed by atoms with Crippen LogP contribution in [-0.2, 0) is 6.54 Å². The highest BCUT2D eigenvalue weighted by molar-refractivity contribution is 14.0. The van der Waals surface area contributed by atoms with Gasteiger partial charge in [0.25, 0.3) is 0 Å². The number of guanidine groups is 1. The summed E-state index contributed by atoms with van der Waals surface area (Å²) in [4.78, 5) is 19.0. The van der Waals surface area contributed by atoms with Crippen LogP contribution in [0.1, 0.15) is 5.56 Å².